The van der Waals surface area contributed by atoms with E-state index < -0.39 is 23.2 Å². The number of aryl methyl sites for hydroxylation is 1. The molecular formula is C17H11F2NO3. The molecule has 2 aromatic carbocycles. The van der Waals surface area contributed by atoms with Crippen molar-refractivity contribution in [3.63, 3.8) is 0 Å². The minimum atomic E-state index is -1.34. The van der Waals surface area contributed by atoms with Gasteiger partial charge in [-0.25, -0.2) is 13.6 Å². The van der Waals surface area contributed by atoms with Gasteiger partial charge in [-0.15, -0.1) is 0 Å². The van der Waals surface area contributed by atoms with Gasteiger partial charge in [0.1, 0.15) is 5.69 Å². The lowest BCUT2D eigenvalue weighted by Gasteiger charge is -2.12. The molecule has 3 rings (SSSR count). The monoisotopic (exact) mass is 315 g/mol. The zero-order valence-electron chi connectivity index (χ0n) is 12.0. The van der Waals surface area contributed by atoms with Gasteiger partial charge in [0.05, 0.1) is 5.39 Å². The van der Waals surface area contributed by atoms with E-state index in [-0.39, 0.29) is 16.5 Å². The fraction of sp³-hybridized carbons (Fsp3) is 0.0588. The molecule has 0 spiro atoms. The van der Waals surface area contributed by atoms with Gasteiger partial charge in [-0.3, -0.25) is 9.36 Å². The predicted octanol–water partition coefficient (Wildman–Crippen LogP) is 3.28. The number of carboxylic acids is 1. The summed E-state index contributed by atoms with van der Waals surface area (Å²) in [6.45, 7) is 1.85. The van der Waals surface area contributed by atoms with Crippen LogP contribution >= 0.6 is 0 Å². The summed E-state index contributed by atoms with van der Waals surface area (Å²) in [5.41, 5.74) is 0.234. The van der Waals surface area contributed by atoms with Gasteiger partial charge in [-0.2, -0.15) is 0 Å². The Labute approximate surface area is 129 Å². The van der Waals surface area contributed by atoms with Crippen molar-refractivity contribution in [3.8, 4) is 5.69 Å². The van der Waals surface area contributed by atoms with E-state index in [0.717, 1.165) is 28.3 Å². The highest BCUT2D eigenvalue weighted by Crippen LogP contribution is 2.19. The van der Waals surface area contributed by atoms with Crippen molar-refractivity contribution in [2.45, 2.75) is 6.92 Å². The number of aromatic nitrogens is 1. The molecule has 0 radical (unpaired) electrons. The van der Waals surface area contributed by atoms with Gasteiger partial charge in [-0.05, 0) is 42.6 Å². The maximum absolute atomic E-state index is 13.4. The highest BCUT2D eigenvalue weighted by molar-refractivity contribution is 5.93. The quantitative estimate of drug-likeness (QED) is 0.789. The lowest BCUT2D eigenvalue weighted by atomic mass is 10.1. The number of fused-ring (bicyclic) bond motifs is 1. The van der Waals surface area contributed by atoms with Crippen LogP contribution in [0.3, 0.4) is 0 Å². The highest BCUT2D eigenvalue weighted by Gasteiger charge is 2.17. The maximum Gasteiger partial charge on any atom is 0.353 e. The molecule has 0 aliphatic rings. The van der Waals surface area contributed by atoms with Gasteiger partial charge in [0, 0.05) is 5.69 Å². The number of rotatable bonds is 2. The van der Waals surface area contributed by atoms with Crippen LogP contribution in [0.25, 0.3) is 16.5 Å². The number of hydrogen-bond acceptors (Lipinski definition) is 2. The first-order chi connectivity index (χ1) is 10.9. The Kier molecular flexibility index (Phi) is 3.44. The molecule has 0 fully saturated rings. The lowest BCUT2D eigenvalue weighted by Crippen LogP contribution is -2.24. The van der Waals surface area contributed by atoms with Crippen molar-refractivity contribution < 1.29 is 18.7 Å². The molecule has 1 N–H and O–H groups in total. The van der Waals surface area contributed by atoms with Crippen molar-refractivity contribution in [1.82, 2.24) is 4.57 Å². The SMILES string of the molecule is Cc1ccc(-n2c(C(=O)O)cc3cc(F)c(F)cc3c2=O)cc1. The molecule has 0 aliphatic heterocycles. The van der Waals surface area contributed by atoms with Crippen LogP contribution in [0.4, 0.5) is 8.78 Å². The fourth-order valence-electron chi connectivity index (χ4n) is 2.42. The third kappa shape index (κ3) is 2.48. The zero-order chi connectivity index (χ0) is 16.7. The molecule has 0 atom stereocenters. The number of benzene rings is 2. The number of aromatic carboxylic acids is 1. The minimum absolute atomic E-state index is 0.0367. The molecule has 4 nitrogen and oxygen atoms in total. The van der Waals surface area contributed by atoms with Crippen LogP contribution in [0.2, 0.25) is 0 Å². The zero-order valence-corrected chi connectivity index (χ0v) is 12.0. The van der Waals surface area contributed by atoms with E-state index in [2.05, 4.69) is 0 Å². The van der Waals surface area contributed by atoms with Gasteiger partial charge < -0.3 is 5.11 Å². The largest absolute Gasteiger partial charge is 0.477 e. The van der Waals surface area contributed by atoms with E-state index >= 15 is 0 Å². The van der Waals surface area contributed by atoms with Crippen molar-refractivity contribution >= 4 is 16.7 Å². The first-order valence-corrected chi connectivity index (χ1v) is 6.73. The third-order valence-electron chi connectivity index (χ3n) is 3.57. The van der Waals surface area contributed by atoms with E-state index in [1.54, 1.807) is 24.3 Å². The Morgan fingerprint density at radius 3 is 2.26 bits per heavy atom. The van der Waals surface area contributed by atoms with Crippen LogP contribution in [0.5, 0.6) is 0 Å². The molecule has 116 valence electrons. The first-order valence-electron chi connectivity index (χ1n) is 6.73. The average molecular weight is 315 g/mol. The van der Waals surface area contributed by atoms with Crippen LogP contribution in [0.15, 0.2) is 47.3 Å². The Balaban J connectivity index is 2.44. The Hall–Kier alpha value is -3.02. The molecule has 1 heterocycles. The van der Waals surface area contributed by atoms with Crippen molar-refractivity contribution in [3.05, 3.63) is 75.7 Å². The minimum Gasteiger partial charge on any atom is -0.477 e. The third-order valence-corrected chi connectivity index (χ3v) is 3.57. The topological polar surface area (TPSA) is 59.3 Å². The summed E-state index contributed by atoms with van der Waals surface area (Å²) in [7, 11) is 0. The highest BCUT2D eigenvalue weighted by atomic mass is 19.2. The summed E-state index contributed by atoms with van der Waals surface area (Å²) in [6.07, 6.45) is 0. The molecule has 6 heteroatoms. The molecule has 0 aliphatic carbocycles. The second kappa shape index (κ2) is 5.31. The number of halogens is 2. The Morgan fingerprint density at radius 1 is 1.04 bits per heavy atom. The summed E-state index contributed by atoms with van der Waals surface area (Å²) in [5, 5.41) is 9.31. The predicted molar refractivity (Wildman–Crippen MR) is 81.2 cm³/mol. The Bertz CT molecular complexity index is 991. The van der Waals surface area contributed by atoms with E-state index in [4.69, 9.17) is 0 Å². The normalized spacial score (nSPS) is 10.9. The van der Waals surface area contributed by atoms with Gasteiger partial charge in [0.25, 0.3) is 5.56 Å². The average Bonchev–Trinajstić information content (AvgIpc) is 2.50. The van der Waals surface area contributed by atoms with E-state index in [0.29, 0.717) is 5.69 Å². The molecule has 23 heavy (non-hydrogen) atoms. The van der Waals surface area contributed by atoms with Crippen molar-refractivity contribution in [2.75, 3.05) is 0 Å². The molecule has 3 aromatic rings. The van der Waals surface area contributed by atoms with E-state index in [1.807, 2.05) is 6.92 Å². The van der Waals surface area contributed by atoms with Crippen LogP contribution < -0.4 is 5.56 Å². The molecule has 1 aromatic heterocycles. The first kappa shape index (κ1) is 14.9. The summed E-state index contributed by atoms with van der Waals surface area (Å²) >= 11 is 0. The molecule has 0 amide bonds. The maximum atomic E-state index is 13.4. The van der Waals surface area contributed by atoms with Gasteiger partial charge >= 0.3 is 5.97 Å². The lowest BCUT2D eigenvalue weighted by molar-refractivity contribution is 0.0687. The number of pyridine rings is 1. The number of hydrogen-bond donors (Lipinski definition) is 1. The van der Waals surface area contributed by atoms with Crippen molar-refractivity contribution in [1.29, 1.82) is 0 Å². The second-order valence-electron chi connectivity index (χ2n) is 5.16. The Morgan fingerprint density at radius 2 is 1.65 bits per heavy atom. The number of carbonyl (C=O) groups is 1. The standard InChI is InChI=1S/C17H11F2NO3/c1-9-2-4-11(5-3-9)20-15(17(22)23)7-10-6-13(18)14(19)8-12(10)16(20)21/h2-8H,1H3,(H,22,23). The summed E-state index contributed by atoms with van der Waals surface area (Å²) in [6, 6.07) is 9.39. The van der Waals surface area contributed by atoms with Gasteiger partial charge in [-0.1, -0.05) is 17.7 Å². The summed E-state index contributed by atoms with van der Waals surface area (Å²) < 4.78 is 27.8. The molecular weight excluding hydrogens is 304 g/mol. The van der Waals surface area contributed by atoms with Crippen LogP contribution in [0.1, 0.15) is 16.1 Å². The molecule has 0 saturated heterocycles. The smallest absolute Gasteiger partial charge is 0.353 e. The molecule has 0 bridgehead atoms. The summed E-state index contributed by atoms with van der Waals surface area (Å²) in [5.74, 6) is -3.64. The number of carboxylic acid groups (broad SMARTS) is 1. The van der Waals surface area contributed by atoms with Gasteiger partial charge in [0.15, 0.2) is 11.6 Å². The van der Waals surface area contributed by atoms with Crippen LogP contribution in [-0.4, -0.2) is 15.6 Å². The van der Waals surface area contributed by atoms with Crippen LogP contribution in [-0.2, 0) is 0 Å². The van der Waals surface area contributed by atoms with Gasteiger partial charge in [0.2, 0.25) is 0 Å². The van der Waals surface area contributed by atoms with Crippen LogP contribution in [0, 0.1) is 18.6 Å². The fourth-order valence-corrected chi connectivity index (χ4v) is 2.42. The number of nitrogens with zero attached hydrogens (tertiary/aromatic N) is 1. The summed E-state index contributed by atoms with van der Waals surface area (Å²) in [4.78, 5) is 24.1. The molecule has 0 saturated carbocycles. The van der Waals surface area contributed by atoms with Crippen molar-refractivity contribution in [2.24, 2.45) is 0 Å². The van der Waals surface area contributed by atoms with E-state index in [9.17, 15) is 23.5 Å². The van der Waals surface area contributed by atoms with E-state index in [1.165, 1.54) is 0 Å². The second-order valence-corrected chi connectivity index (χ2v) is 5.16. The molecule has 0 unspecified atom stereocenters.